The first-order chi connectivity index (χ1) is 6.05. The summed E-state index contributed by atoms with van der Waals surface area (Å²) >= 11 is 0. The summed E-state index contributed by atoms with van der Waals surface area (Å²) < 4.78 is 0. The monoisotopic (exact) mass is 184 g/mol. The first-order valence-corrected chi connectivity index (χ1v) is 4.85. The zero-order valence-corrected chi connectivity index (χ0v) is 7.99. The molecule has 0 aliphatic carbocycles. The van der Waals surface area contributed by atoms with Crippen molar-refractivity contribution in [2.75, 3.05) is 19.6 Å². The van der Waals surface area contributed by atoms with Gasteiger partial charge in [-0.25, -0.2) is 0 Å². The highest BCUT2D eigenvalue weighted by molar-refractivity contribution is 5.04. The lowest BCUT2D eigenvalue weighted by Crippen LogP contribution is -2.60. The SMILES string of the molecule is CC1(O)CN2CCCC(N=O)(C2)C1. The van der Waals surface area contributed by atoms with Gasteiger partial charge in [-0.1, -0.05) is 5.18 Å². The molecule has 2 saturated heterocycles. The first-order valence-electron chi connectivity index (χ1n) is 4.85. The van der Waals surface area contributed by atoms with Crippen LogP contribution in [0.15, 0.2) is 5.18 Å². The number of nitroso groups, excluding NO2 is 1. The Labute approximate surface area is 77.9 Å². The van der Waals surface area contributed by atoms with Crippen molar-refractivity contribution in [2.24, 2.45) is 5.18 Å². The van der Waals surface area contributed by atoms with Crippen LogP contribution in [0, 0.1) is 4.91 Å². The van der Waals surface area contributed by atoms with Crippen LogP contribution in [0.3, 0.4) is 0 Å². The van der Waals surface area contributed by atoms with E-state index in [2.05, 4.69) is 10.1 Å². The second-order valence-electron chi connectivity index (χ2n) is 4.80. The van der Waals surface area contributed by atoms with Crippen molar-refractivity contribution < 1.29 is 5.11 Å². The molecule has 4 heteroatoms. The average molecular weight is 184 g/mol. The summed E-state index contributed by atoms with van der Waals surface area (Å²) in [6.45, 7) is 4.22. The topological polar surface area (TPSA) is 52.9 Å². The maximum atomic E-state index is 10.8. The van der Waals surface area contributed by atoms with Crippen LogP contribution in [0.5, 0.6) is 0 Å². The van der Waals surface area contributed by atoms with Gasteiger partial charge in [-0.05, 0) is 26.3 Å². The molecule has 2 aliphatic heterocycles. The van der Waals surface area contributed by atoms with Crippen LogP contribution >= 0.6 is 0 Å². The Bertz CT molecular complexity index is 230. The number of nitrogens with zero attached hydrogens (tertiary/aromatic N) is 2. The van der Waals surface area contributed by atoms with Gasteiger partial charge < -0.3 is 5.11 Å². The molecule has 74 valence electrons. The molecule has 2 bridgehead atoms. The third-order valence-electron chi connectivity index (χ3n) is 3.10. The minimum Gasteiger partial charge on any atom is -0.389 e. The maximum Gasteiger partial charge on any atom is 0.118 e. The van der Waals surface area contributed by atoms with Gasteiger partial charge in [-0.15, -0.1) is 0 Å². The van der Waals surface area contributed by atoms with Crippen LogP contribution < -0.4 is 0 Å². The number of fused-ring (bicyclic) bond motifs is 2. The molecular formula is C9H16N2O2. The molecular weight excluding hydrogens is 168 g/mol. The van der Waals surface area contributed by atoms with Gasteiger partial charge in [0.05, 0.1) is 5.60 Å². The molecule has 0 aromatic carbocycles. The quantitative estimate of drug-likeness (QED) is 0.611. The van der Waals surface area contributed by atoms with E-state index < -0.39 is 11.1 Å². The maximum absolute atomic E-state index is 10.8. The molecule has 4 nitrogen and oxygen atoms in total. The summed E-state index contributed by atoms with van der Waals surface area (Å²) in [6, 6.07) is 0. The number of hydrogen-bond donors (Lipinski definition) is 1. The van der Waals surface area contributed by atoms with Gasteiger partial charge in [0.15, 0.2) is 0 Å². The fraction of sp³-hybridized carbons (Fsp3) is 1.00. The molecule has 0 saturated carbocycles. The van der Waals surface area contributed by atoms with E-state index in [1.165, 1.54) is 0 Å². The molecule has 0 radical (unpaired) electrons. The molecule has 2 fully saturated rings. The van der Waals surface area contributed by atoms with Crippen LogP contribution in [-0.4, -0.2) is 40.8 Å². The number of aliphatic hydroxyl groups is 1. The van der Waals surface area contributed by atoms with E-state index in [9.17, 15) is 10.0 Å². The normalized spacial score (nSPS) is 50.2. The van der Waals surface area contributed by atoms with E-state index in [4.69, 9.17) is 0 Å². The molecule has 0 aromatic rings. The third-order valence-corrected chi connectivity index (χ3v) is 3.10. The number of hydrogen-bond acceptors (Lipinski definition) is 4. The van der Waals surface area contributed by atoms with Crippen molar-refractivity contribution in [3.8, 4) is 0 Å². The van der Waals surface area contributed by atoms with E-state index in [0.717, 1.165) is 25.9 Å². The Kier molecular flexibility index (Phi) is 1.92. The molecule has 2 rings (SSSR count). The van der Waals surface area contributed by atoms with E-state index in [1.807, 2.05) is 0 Å². The number of rotatable bonds is 1. The largest absolute Gasteiger partial charge is 0.389 e. The standard InChI is InChI=1S/C9H16N2O2/c1-8(12)5-9(10-13)3-2-4-11(6-8)7-9/h12H,2-7H2,1H3. The van der Waals surface area contributed by atoms with Crippen LogP contribution in [0.1, 0.15) is 26.2 Å². The van der Waals surface area contributed by atoms with Crippen molar-refractivity contribution in [3.63, 3.8) is 0 Å². The molecule has 0 amide bonds. The van der Waals surface area contributed by atoms with E-state index >= 15 is 0 Å². The fourth-order valence-electron chi connectivity index (χ4n) is 2.84. The van der Waals surface area contributed by atoms with Gasteiger partial charge in [0, 0.05) is 19.5 Å². The highest BCUT2D eigenvalue weighted by atomic mass is 16.3. The summed E-state index contributed by atoms with van der Waals surface area (Å²) in [5.74, 6) is 0. The lowest BCUT2D eigenvalue weighted by molar-refractivity contribution is -0.0643. The highest BCUT2D eigenvalue weighted by Crippen LogP contribution is 2.37. The summed E-state index contributed by atoms with van der Waals surface area (Å²) in [7, 11) is 0. The summed E-state index contributed by atoms with van der Waals surface area (Å²) in [5, 5.41) is 13.2. The highest BCUT2D eigenvalue weighted by Gasteiger charge is 2.47. The van der Waals surface area contributed by atoms with Gasteiger partial charge >= 0.3 is 0 Å². The van der Waals surface area contributed by atoms with Crippen LogP contribution in [-0.2, 0) is 0 Å². The average Bonchev–Trinajstić information content (AvgIpc) is 2.01. The van der Waals surface area contributed by atoms with E-state index in [1.54, 1.807) is 6.92 Å². The Morgan fingerprint density at radius 3 is 2.92 bits per heavy atom. The zero-order chi connectivity index (χ0) is 9.53. The third kappa shape index (κ3) is 1.60. The smallest absolute Gasteiger partial charge is 0.118 e. The molecule has 0 spiro atoms. The summed E-state index contributed by atoms with van der Waals surface area (Å²) in [5.41, 5.74) is -1.23. The molecule has 2 aliphatic rings. The van der Waals surface area contributed by atoms with Gasteiger partial charge in [0.2, 0.25) is 0 Å². The first kappa shape index (κ1) is 9.09. The molecule has 2 heterocycles. The van der Waals surface area contributed by atoms with Crippen molar-refractivity contribution in [2.45, 2.75) is 37.3 Å². The number of piperidine rings is 2. The predicted octanol–water partition coefficient (Wildman–Crippen LogP) is 0.742. The minimum atomic E-state index is -0.730. The Balaban J connectivity index is 2.22. The minimum absolute atomic E-state index is 0.500. The van der Waals surface area contributed by atoms with Crippen molar-refractivity contribution >= 4 is 0 Å². The second-order valence-corrected chi connectivity index (χ2v) is 4.80. The summed E-state index contributed by atoms with van der Waals surface area (Å²) in [6.07, 6.45) is 2.39. The van der Waals surface area contributed by atoms with Crippen molar-refractivity contribution in [1.29, 1.82) is 0 Å². The molecule has 13 heavy (non-hydrogen) atoms. The van der Waals surface area contributed by atoms with Gasteiger partial charge in [-0.3, -0.25) is 4.90 Å². The zero-order valence-electron chi connectivity index (χ0n) is 7.99. The fourth-order valence-corrected chi connectivity index (χ4v) is 2.84. The Morgan fingerprint density at radius 1 is 1.46 bits per heavy atom. The molecule has 1 N–H and O–H groups in total. The second kappa shape index (κ2) is 2.75. The van der Waals surface area contributed by atoms with Gasteiger partial charge in [0.25, 0.3) is 0 Å². The molecule has 0 aromatic heterocycles. The lowest BCUT2D eigenvalue weighted by Gasteiger charge is -2.48. The lowest BCUT2D eigenvalue weighted by atomic mass is 9.76. The van der Waals surface area contributed by atoms with E-state index in [0.29, 0.717) is 13.0 Å². The molecule has 3 atom stereocenters. The van der Waals surface area contributed by atoms with Crippen molar-refractivity contribution in [3.05, 3.63) is 4.91 Å². The predicted molar refractivity (Wildman–Crippen MR) is 49.4 cm³/mol. The Morgan fingerprint density at radius 2 is 2.23 bits per heavy atom. The van der Waals surface area contributed by atoms with Gasteiger partial charge in [0.1, 0.15) is 5.54 Å². The van der Waals surface area contributed by atoms with Crippen molar-refractivity contribution in [1.82, 2.24) is 4.90 Å². The Hall–Kier alpha value is -0.480. The van der Waals surface area contributed by atoms with Gasteiger partial charge in [-0.2, -0.15) is 4.91 Å². The van der Waals surface area contributed by atoms with E-state index in [-0.39, 0.29) is 0 Å². The summed E-state index contributed by atoms with van der Waals surface area (Å²) in [4.78, 5) is 12.9. The van der Waals surface area contributed by atoms with Crippen LogP contribution in [0.25, 0.3) is 0 Å². The molecule has 3 unspecified atom stereocenters. The van der Waals surface area contributed by atoms with Crippen LogP contribution in [0.2, 0.25) is 0 Å². The van der Waals surface area contributed by atoms with Crippen LogP contribution in [0.4, 0.5) is 0 Å².